The van der Waals surface area contributed by atoms with Gasteiger partial charge < -0.3 is 0 Å². The molecule has 0 amide bonds. The molecule has 4 aromatic carbocycles. The molecule has 1 fully saturated rings. The van der Waals surface area contributed by atoms with Crippen LogP contribution in [0.4, 0.5) is 0 Å². The number of benzene rings is 4. The van der Waals surface area contributed by atoms with Gasteiger partial charge in [-0.2, -0.15) is 0 Å². The number of aryl methyl sites for hydroxylation is 1. The summed E-state index contributed by atoms with van der Waals surface area (Å²) in [6.45, 7) is 6.25. The molecular formula is C31H31ClN2S. The maximum Gasteiger partial charge on any atom is 0.0484 e. The van der Waals surface area contributed by atoms with Crippen molar-refractivity contribution in [2.45, 2.75) is 30.8 Å². The zero-order chi connectivity index (χ0) is 24.0. The lowest BCUT2D eigenvalue weighted by molar-refractivity contribution is 0.137. The number of nitrogens with zero attached hydrogens (tertiary/aromatic N) is 2. The maximum atomic E-state index is 6.47. The molecule has 35 heavy (non-hydrogen) atoms. The van der Waals surface area contributed by atoms with Crippen LogP contribution in [-0.4, -0.2) is 34.9 Å². The predicted molar refractivity (Wildman–Crippen MR) is 150 cm³/mol. The van der Waals surface area contributed by atoms with E-state index in [0.717, 1.165) is 43.2 Å². The molecule has 0 aliphatic carbocycles. The number of hydrogen-bond acceptors (Lipinski definition) is 3. The molecule has 1 aliphatic heterocycles. The van der Waals surface area contributed by atoms with Crippen molar-refractivity contribution in [3.63, 3.8) is 0 Å². The summed E-state index contributed by atoms with van der Waals surface area (Å²) in [5.74, 6) is 0. The van der Waals surface area contributed by atoms with Crippen LogP contribution in [0.3, 0.4) is 0 Å². The van der Waals surface area contributed by atoms with Gasteiger partial charge in [0.1, 0.15) is 0 Å². The van der Waals surface area contributed by atoms with Gasteiger partial charge in [-0.15, -0.1) is 0 Å². The van der Waals surface area contributed by atoms with Crippen LogP contribution in [0.5, 0.6) is 0 Å². The van der Waals surface area contributed by atoms with E-state index >= 15 is 0 Å². The van der Waals surface area contributed by atoms with Crippen LogP contribution in [0, 0.1) is 6.92 Å². The lowest BCUT2D eigenvalue weighted by atomic mass is 10.0. The Morgan fingerprint density at radius 3 is 2.26 bits per heavy atom. The molecule has 178 valence electrons. The molecule has 2 nitrogen and oxygen atoms in total. The smallest absolute Gasteiger partial charge is 0.0484 e. The van der Waals surface area contributed by atoms with Crippen molar-refractivity contribution in [2.75, 3.05) is 19.6 Å². The molecule has 0 saturated carbocycles. The quantitative estimate of drug-likeness (QED) is 0.240. The second kappa shape index (κ2) is 11.5. The van der Waals surface area contributed by atoms with E-state index in [0.29, 0.717) is 6.04 Å². The largest absolute Gasteiger partial charge is 0.296 e. The van der Waals surface area contributed by atoms with Crippen LogP contribution < -0.4 is 0 Å². The monoisotopic (exact) mass is 498 g/mol. The Morgan fingerprint density at radius 1 is 0.800 bits per heavy atom. The summed E-state index contributed by atoms with van der Waals surface area (Å²) in [5.41, 5.74) is 6.25. The van der Waals surface area contributed by atoms with Gasteiger partial charge in [-0.3, -0.25) is 4.90 Å². The molecule has 0 radical (unpaired) electrons. The van der Waals surface area contributed by atoms with Gasteiger partial charge in [-0.1, -0.05) is 96.0 Å². The predicted octanol–water partition coefficient (Wildman–Crippen LogP) is 7.75. The summed E-state index contributed by atoms with van der Waals surface area (Å²) in [6.07, 6.45) is 1.06. The molecular weight excluding hydrogens is 468 g/mol. The summed E-state index contributed by atoms with van der Waals surface area (Å²) in [4.78, 5) is 3.91. The van der Waals surface area contributed by atoms with Crippen molar-refractivity contribution in [3.8, 4) is 11.1 Å². The van der Waals surface area contributed by atoms with Gasteiger partial charge >= 0.3 is 0 Å². The molecule has 0 bridgehead atoms. The lowest BCUT2D eigenvalue weighted by Gasteiger charge is -2.41. The number of hydrogen-bond donors (Lipinski definition) is 0. The van der Waals surface area contributed by atoms with Crippen molar-refractivity contribution in [1.82, 2.24) is 9.21 Å². The summed E-state index contributed by atoms with van der Waals surface area (Å²) in [5, 5.41) is 0.805. The summed E-state index contributed by atoms with van der Waals surface area (Å²) in [7, 11) is 0. The van der Waals surface area contributed by atoms with Crippen molar-refractivity contribution in [1.29, 1.82) is 0 Å². The Morgan fingerprint density at radius 2 is 1.51 bits per heavy atom. The van der Waals surface area contributed by atoms with Gasteiger partial charge in [0.15, 0.2) is 0 Å². The third kappa shape index (κ3) is 6.36. The number of halogens is 1. The highest BCUT2D eigenvalue weighted by molar-refractivity contribution is 7.97. The molecule has 0 N–H and O–H groups in total. The van der Waals surface area contributed by atoms with E-state index in [1.807, 2.05) is 18.0 Å². The van der Waals surface area contributed by atoms with E-state index in [1.165, 1.54) is 27.1 Å². The second-order valence-corrected chi connectivity index (χ2v) is 10.8. The van der Waals surface area contributed by atoms with Crippen LogP contribution in [0.1, 0.15) is 16.7 Å². The highest BCUT2D eigenvalue weighted by atomic mass is 35.5. The molecule has 5 rings (SSSR count). The number of piperazine rings is 1. The molecule has 1 aliphatic rings. The highest BCUT2D eigenvalue weighted by Gasteiger charge is 2.28. The summed E-state index contributed by atoms with van der Waals surface area (Å²) >= 11 is 8.36. The molecule has 4 heteroatoms. The first kappa shape index (κ1) is 24.1. The normalized spacial score (nSPS) is 16.9. The van der Waals surface area contributed by atoms with E-state index in [2.05, 4.69) is 113 Å². The Labute approximate surface area is 218 Å². The minimum Gasteiger partial charge on any atom is -0.296 e. The first-order valence-electron chi connectivity index (χ1n) is 12.3. The Bertz CT molecular complexity index is 1230. The summed E-state index contributed by atoms with van der Waals surface area (Å²) < 4.78 is 2.58. The van der Waals surface area contributed by atoms with E-state index in [4.69, 9.17) is 11.6 Å². The van der Waals surface area contributed by atoms with Gasteiger partial charge in [-0.25, -0.2) is 4.31 Å². The third-order valence-electron chi connectivity index (χ3n) is 6.59. The first-order chi connectivity index (χ1) is 17.1. The summed E-state index contributed by atoms with van der Waals surface area (Å²) in [6, 6.07) is 37.2. The van der Waals surface area contributed by atoms with Crippen LogP contribution in [0.2, 0.25) is 5.02 Å². The molecule has 1 atom stereocenters. The van der Waals surface area contributed by atoms with Crippen molar-refractivity contribution >= 4 is 23.5 Å². The van der Waals surface area contributed by atoms with E-state index in [9.17, 15) is 0 Å². The van der Waals surface area contributed by atoms with Crippen molar-refractivity contribution in [3.05, 3.63) is 125 Å². The fraction of sp³-hybridized carbons (Fsp3) is 0.226. The Hall–Kier alpha value is -2.56. The van der Waals surface area contributed by atoms with Crippen molar-refractivity contribution in [2.24, 2.45) is 0 Å². The van der Waals surface area contributed by atoms with E-state index in [-0.39, 0.29) is 0 Å². The second-order valence-electron chi connectivity index (χ2n) is 9.30. The van der Waals surface area contributed by atoms with Crippen LogP contribution >= 0.6 is 23.5 Å². The van der Waals surface area contributed by atoms with Gasteiger partial charge in [0.2, 0.25) is 0 Å². The minimum atomic E-state index is 0.460. The van der Waals surface area contributed by atoms with E-state index < -0.39 is 0 Å². The molecule has 0 spiro atoms. The van der Waals surface area contributed by atoms with Gasteiger partial charge in [0.05, 0.1) is 0 Å². The fourth-order valence-corrected chi connectivity index (χ4v) is 5.98. The zero-order valence-electron chi connectivity index (χ0n) is 20.1. The first-order valence-corrected chi connectivity index (χ1v) is 13.4. The van der Waals surface area contributed by atoms with Gasteiger partial charge in [0, 0.05) is 47.7 Å². The molecule has 4 aromatic rings. The lowest BCUT2D eigenvalue weighted by Crippen LogP contribution is -2.50. The topological polar surface area (TPSA) is 6.48 Å². The minimum absolute atomic E-state index is 0.460. The number of rotatable bonds is 7. The fourth-order valence-electron chi connectivity index (χ4n) is 4.74. The molecule has 1 saturated heterocycles. The zero-order valence-corrected chi connectivity index (χ0v) is 21.7. The average Bonchev–Trinajstić information content (AvgIpc) is 2.89. The Balaban J connectivity index is 1.28. The van der Waals surface area contributed by atoms with Crippen LogP contribution in [0.25, 0.3) is 11.1 Å². The highest BCUT2D eigenvalue weighted by Crippen LogP contribution is 2.31. The molecule has 1 unspecified atom stereocenters. The van der Waals surface area contributed by atoms with E-state index in [1.54, 1.807) is 0 Å². The SMILES string of the molecule is Cc1ccc(Cl)c(-c2ccc(CN3CCN(Sc4ccccc4)C(Cc4ccccc4)C3)cc2)c1. The maximum absolute atomic E-state index is 6.47. The average molecular weight is 499 g/mol. The standard InChI is InChI=1S/C31H31ClN2S/c1-24-12-17-31(32)30(20-24)27-15-13-26(14-16-27)22-33-18-19-34(35-29-10-6-3-7-11-29)28(23-33)21-25-8-4-2-5-9-25/h2-17,20,28H,18-19,21-23H2,1H3. The molecule has 0 aromatic heterocycles. The molecule has 1 heterocycles. The van der Waals surface area contributed by atoms with Gasteiger partial charge in [0.25, 0.3) is 0 Å². The Kier molecular flexibility index (Phi) is 7.90. The van der Waals surface area contributed by atoms with Gasteiger partial charge in [-0.05, 0) is 66.2 Å². The third-order valence-corrected chi connectivity index (χ3v) is 8.11. The van der Waals surface area contributed by atoms with Crippen LogP contribution in [-0.2, 0) is 13.0 Å². The van der Waals surface area contributed by atoms with Crippen molar-refractivity contribution < 1.29 is 0 Å². The van der Waals surface area contributed by atoms with Crippen LogP contribution in [0.15, 0.2) is 108 Å².